The number of hydrogen-bond acceptors (Lipinski definition) is 4. The van der Waals surface area contributed by atoms with Crippen molar-refractivity contribution >= 4 is 17.6 Å². The third-order valence-corrected chi connectivity index (χ3v) is 7.62. The average Bonchev–Trinajstić information content (AvgIpc) is 3.46. The number of nitrogens with one attached hydrogen (secondary N) is 2. The van der Waals surface area contributed by atoms with Crippen LogP contribution in [0.1, 0.15) is 56.1 Å². The average molecular weight is 478 g/mol. The molecular formula is C24H30F3N5O2. The number of anilines is 1. The van der Waals surface area contributed by atoms with Gasteiger partial charge < -0.3 is 20.4 Å². The summed E-state index contributed by atoms with van der Waals surface area (Å²) in [5.74, 6) is -0.192. The molecule has 7 nitrogen and oxygen atoms in total. The first kappa shape index (κ1) is 24.2. The lowest BCUT2D eigenvalue weighted by atomic mass is 9.76. The van der Waals surface area contributed by atoms with Gasteiger partial charge in [-0.25, -0.2) is 4.79 Å². The lowest BCUT2D eigenvalue weighted by Crippen LogP contribution is -2.51. The number of carbonyl (C=O) groups excluding carboxylic acids is 2. The summed E-state index contributed by atoms with van der Waals surface area (Å²) >= 11 is 0. The SMILES string of the molecule is CNC(=O)C1CC2(CCN(c3ccc(C#N)c(C(F)(F)F)c3)CC2)CN1C(=O)NC1CCCC1. The molecule has 1 atom stereocenters. The van der Waals surface area contributed by atoms with E-state index in [-0.39, 0.29) is 23.4 Å². The van der Waals surface area contributed by atoms with E-state index in [2.05, 4.69) is 10.6 Å². The van der Waals surface area contributed by atoms with Crippen molar-refractivity contribution in [1.82, 2.24) is 15.5 Å². The number of nitriles is 1. The molecule has 1 aliphatic carbocycles. The summed E-state index contributed by atoms with van der Waals surface area (Å²) in [4.78, 5) is 29.2. The van der Waals surface area contributed by atoms with Crippen molar-refractivity contribution in [3.05, 3.63) is 29.3 Å². The number of hydrogen-bond donors (Lipinski definition) is 2. The van der Waals surface area contributed by atoms with Crippen LogP contribution in [0.2, 0.25) is 0 Å². The van der Waals surface area contributed by atoms with Crippen molar-refractivity contribution in [2.75, 3.05) is 31.6 Å². The fraction of sp³-hybridized carbons (Fsp3) is 0.625. The normalized spacial score (nSPS) is 22.6. The van der Waals surface area contributed by atoms with E-state index in [0.29, 0.717) is 44.6 Å². The number of carbonyl (C=O) groups is 2. The van der Waals surface area contributed by atoms with Gasteiger partial charge in [-0.2, -0.15) is 18.4 Å². The number of urea groups is 1. The summed E-state index contributed by atoms with van der Waals surface area (Å²) in [6.07, 6.45) is 1.36. The van der Waals surface area contributed by atoms with E-state index in [1.54, 1.807) is 24.1 Å². The first-order valence-electron chi connectivity index (χ1n) is 11.8. The zero-order valence-electron chi connectivity index (χ0n) is 19.2. The molecule has 1 aromatic rings. The molecule has 0 bridgehead atoms. The van der Waals surface area contributed by atoms with Gasteiger partial charge >= 0.3 is 12.2 Å². The van der Waals surface area contributed by atoms with Gasteiger partial charge in [0.2, 0.25) is 5.91 Å². The quantitative estimate of drug-likeness (QED) is 0.696. The Balaban J connectivity index is 1.47. The highest BCUT2D eigenvalue weighted by molar-refractivity contribution is 5.87. The summed E-state index contributed by atoms with van der Waals surface area (Å²) in [5.41, 5.74) is -1.14. The lowest BCUT2D eigenvalue weighted by molar-refractivity contribution is -0.137. The summed E-state index contributed by atoms with van der Waals surface area (Å²) in [6.45, 7) is 1.49. The van der Waals surface area contributed by atoms with Gasteiger partial charge in [0, 0.05) is 38.4 Å². The van der Waals surface area contributed by atoms with E-state index in [4.69, 9.17) is 5.26 Å². The number of nitrogens with zero attached hydrogens (tertiary/aromatic N) is 3. The monoisotopic (exact) mass is 477 g/mol. The fourth-order valence-electron chi connectivity index (χ4n) is 5.66. The van der Waals surface area contributed by atoms with E-state index >= 15 is 0 Å². The van der Waals surface area contributed by atoms with E-state index in [1.165, 1.54) is 6.07 Å². The second-order valence-electron chi connectivity index (χ2n) is 9.72. The molecule has 0 radical (unpaired) electrons. The van der Waals surface area contributed by atoms with Crippen LogP contribution < -0.4 is 15.5 Å². The molecule has 3 amide bonds. The van der Waals surface area contributed by atoms with Crippen molar-refractivity contribution < 1.29 is 22.8 Å². The number of piperidine rings is 1. The van der Waals surface area contributed by atoms with Crippen molar-refractivity contribution in [2.24, 2.45) is 5.41 Å². The highest BCUT2D eigenvalue weighted by Crippen LogP contribution is 2.45. The van der Waals surface area contributed by atoms with Crippen molar-refractivity contribution in [2.45, 2.75) is 63.2 Å². The third-order valence-electron chi connectivity index (χ3n) is 7.62. The Labute approximate surface area is 197 Å². The first-order chi connectivity index (χ1) is 16.2. The minimum atomic E-state index is -4.60. The van der Waals surface area contributed by atoms with Crippen molar-refractivity contribution in [1.29, 1.82) is 5.26 Å². The molecule has 1 aromatic carbocycles. The van der Waals surface area contributed by atoms with Crippen LogP contribution in [0.15, 0.2) is 18.2 Å². The highest BCUT2D eigenvalue weighted by Gasteiger charge is 2.50. The largest absolute Gasteiger partial charge is 0.417 e. The van der Waals surface area contributed by atoms with E-state index < -0.39 is 23.3 Å². The number of halogens is 3. The Hall–Kier alpha value is -2.96. The molecular weight excluding hydrogens is 447 g/mol. The third kappa shape index (κ3) is 4.79. The molecule has 1 unspecified atom stereocenters. The maximum atomic E-state index is 13.4. The zero-order chi connectivity index (χ0) is 24.5. The molecule has 2 heterocycles. The second kappa shape index (κ2) is 9.35. The summed E-state index contributed by atoms with van der Waals surface area (Å²) in [5, 5.41) is 14.8. The summed E-state index contributed by atoms with van der Waals surface area (Å²) in [6, 6.07) is 4.81. The van der Waals surface area contributed by atoms with Gasteiger partial charge in [0.05, 0.1) is 17.2 Å². The van der Waals surface area contributed by atoms with Crippen molar-refractivity contribution in [3.63, 3.8) is 0 Å². The lowest BCUT2D eigenvalue weighted by Gasteiger charge is -2.40. The Morgan fingerprint density at radius 2 is 1.85 bits per heavy atom. The molecule has 2 aliphatic heterocycles. The summed E-state index contributed by atoms with van der Waals surface area (Å²) < 4.78 is 40.2. The number of likely N-dealkylation sites (N-methyl/N-ethyl adjacent to an activating group) is 1. The number of alkyl halides is 3. The zero-order valence-corrected chi connectivity index (χ0v) is 19.2. The van der Waals surface area contributed by atoms with E-state index in [0.717, 1.165) is 31.7 Å². The van der Waals surface area contributed by atoms with Crippen LogP contribution in [0, 0.1) is 16.7 Å². The van der Waals surface area contributed by atoms with E-state index in [9.17, 15) is 22.8 Å². The molecule has 0 aromatic heterocycles. The van der Waals surface area contributed by atoms with Gasteiger partial charge in [0.15, 0.2) is 0 Å². The van der Waals surface area contributed by atoms with Gasteiger partial charge in [0.25, 0.3) is 0 Å². The Bertz CT molecular complexity index is 976. The van der Waals surface area contributed by atoms with Crippen molar-refractivity contribution in [3.8, 4) is 6.07 Å². The number of amides is 3. The molecule has 184 valence electrons. The van der Waals surface area contributed by atoms with Crippen LogP contribution in [0.25, 0.3) is 0 Å². The van der Waals surface area contributed by atoms with Gasteiger partial charge in [-0.05, 0) is 55.7 Å². The molecule has 2 saturated heterocycles. The Morgan fingerprint density at radius 3 is 2.44 bits per heavy atom. The Kier molecular flexibility index (Phi) is 6.65. The number of rotatable bonds is 3. The highest BCUT2D eigenvalue weighted by atomic mass is 19.4. The molecule has 1 spiro atoms. The van der Waals surface area contributed by atoms with Gasteiger partial charge in [-0.1, -0.05) is 12.8 Å². The Morgan fingerprint density at radius 1 is 1.18 bits per heavy atom. The molecule has 10 heteroatoms. The molecule has 4 rings (SSSR count). The topological polar surface area (TPSA) is 88.5 Å². The molecule has 3 aliphatic rings. The predicted octanol–water partition coefficient (Wildman–Crippen LogP) is 3.64. The minimum absolute atomic E-state index is 0.149. The van der Waals surface area contributed by atoms with Crippen LogP contribution in [0.3, 0.4) is 0 Å². The first-order valence-corrected chi connectivity index (χ1v) is 11.8. The second-order valence-corrected chi connectivity index (χ2v) is 9.72. The number of likely N-dealkylation sites (tertiary alicyclic amines) is 1. The molecule has 2 N–H and O–H groups in total. The molecule has 1 saturated carbocycles. The van der Waals surface area contributed by atoms with Gasteiger partial charge in [-0.3, -0.25) is 4.79 Å². The van der Waals surface area contributed by atoms with Gasteiger partial charge in [0.1, 0.15) is 6.04 Å². The van der Waals surface area contributed by atoms with Gasteiger partial charge in [-0.15, -0.1) is 0 Å². The van der Waals surface area contributed by atoms with Crippen LogP contribution >= 0.6 is 0 Å². The predicted molar refractivity (Wildman–Crippen MR) is 120 cm³/mol. The molecule has 3 fully saturated rings. The standard InChI is InChI=1S/C24H30F3N5O2/c1-29-21(33)20-13-23(15-32(20)22(34)30-17-4-2-3-5-17)8-10-31(11-9-23)18-7-6-16(14-28)19(12-18)24(25,26)27/h6-7,12,17,20H,2-5,8-11,13,15H2,1H3,(H,29,33)(H,30,34). The fourth-order valence-corrected chi connectivity index (χ4v) is 5.66. The van der Waals surface area contributed by atoms with Crippen LogP contribution in [0.5, 0.6) is 0 Å². The maximum absolute atomic E-state index is 13.4. The van der Waals surface area contributed by atoms with Crippen LogP contribution in [0.4, 0.5) is 23.7 Å². The molecule has 34 heavy (non-hydrogen) atoms. The summed E-state index contributed by atoms with van der Waals surface area (Å²) in [7, 11) is 1.56. The van der Waals surface area contributed by atoms with E-state index in [1.807, 2.05) is 4.90 Å². The number of benzene rings is 1. The maximum Gasteiger partial charge on any atom is 0.417 e. The van der Waals surface area contributed by atoms with Crippen LogP contribution in [-0.2, 0) is 11.0 Å². The van der Waals surface area contributed by atoms with Crippen LogP contribution in [-0.4, -0.2) is 55.6 Å². The smallest absolute Gasteiger partial charge is 0.371 e. The minimum Gasteiger partial charge on any atom is -0.371 e.